The van der Waals surface area contributed by atoms with Gasteiger partial charge in [0, 0.05) is 25.5 Å². The van der Waals surface area contributed by atoms with Gasteiger partial charge in [0.2, 0.25) is 0 Å². The molecule has 0 aliphatic carbocycles. The van der Waals surface area contributed by atoms with Crippen molar-refractivity contribution >= 4 is 0 Å². The van der Waals surface area contributed by atoms with Crippen LogP contribution in [0.25, 0.3) is 0 Å². The third kappa shape index (κ3) is 2.21. The topological polar surface area (TPSA) is 61.5 Å². The standard InChI is InChI=1S/C9H13F2N3O2/c10-9(11)14-2-1-12-8(14)5-13-3-6(15)7(16)4-13/h1-2,6-7,9,15-16H,3-5H2/t6-,7+. The van der Waals surface area contributed by atoms with E-state index in [0.717, 1.165) is 4.57 Å². The number of aromatic nitrogens is 2. The molecule has 1 saturated heterocycles. The Morgan fingerprint density at radius 1 is 1.38 bits per heavy atom. The summed E-state index contributed by atoms with van der Waals surface area (Å²) in [6.07, 6.45) is 0.901. The van der Waals surface area contributed by atoms with E-state index in [1.165, 1.54) is 12.4 Å². The van der Waals surface area contributed by atoms with E-state index in [1.807, 2.05) is 0 Å². The number of alkyl halides is 2. The van der Waals surface area contributed by atoms with E-state index in [0.29, 0.717) is 0 Å². The van der Waals surface area contributed by atoms with Crippen LogP contribution in [-0.2, 0) is 6.54 Å². The van der Waals surface area contributed by atoms with Gasteiger partial charge in [0.15, 0.2) is 0 Å². The molecule has 1 aliphatic rings. The van der Waals surface area contributed by atoms with Gasteiger partial charge in [-0.25, -0.2) is 4.98 Å². The Bertz CT molecular complexity index is 348. The largest absolute Gasteiger partial charge is 0.389 e. The normalized spacial score (nSPS) is 26.8. The van der Waals surface area contributed by atoms with Crippen LogP contribution in [0.3, 0.4) is 0 Å². The summed E-state index contributed by atoms with van der Waals surface area (Å²) < 4.78 is 25.8. The molecule has 0 amide bonds. The molecule has 2 heterocycles. The quantitative estimate of drug-likeness (QED) is 0.760. The van der Waals surface area contributed by atoms with E-state index in [2.05, 4.69) is 4.98 Å². The average Bonchev–Trinajstić information content (AvgIpc) is 2.75. The van der Waals surface area contributed by atoms with E-state index in [-0.39, 0.29) is 25.5 Å². The molecule has 0 spiro atoms. The molecule has 0 aromatic carbocycles. The minimum Gasteiger partial charge on any atom is -0.389 e. The SMILES string of the molecule is O[C@@H]1CN(Cc2nccn2C(F)F)C[C@@H]1O. The van der Waals surface area contributed by atoms with E-state index >= 15 is 0 Å². The molecule has 0 saturated carbocycles. The van der Waals surface area contributed by atoms with Gasteiger partial charge in [0.1, 0.15) is 5.82 Å². The maximum absolute atomic E-state index is 12.5. The predicted molar refractivity (Wildman–Crippen MR) is 50.8 cm³/mol. The lowest BCUT2D eigenvalue weighted by atomic mass is 10.3. The third-order valence-corrected chi connectivity index (χ3v) is 2.66. The van der Waals surface area contributed by atoms with Crippen molar-refractivity contribution in [3.8, 4) is 0 Å². The summed E-state index contributed by atoms with van der Waals surface area (Å²) in [5, 5.41) is 18.6. The summed E-state index contributed by atoms with van der Waals surface area (Å²) in [4.78, 5) is 5.52. The predicted octanol–water partition coefficient (Wildman–Crippen LogP) is -0.184. The number of hydrogen-bond donors (Lipinski definition) is 2. The fourth-order valence-electron chi connectivity index (χ4n) is 1.82. The Morgan fingerprint density at radius 2 is 2.00 bits per heavy atom. The zero-order valence-electron chi connectivity index (χ0n) is 8.50. The highest BCUT2D eigenvalue weighted by Gasteiger charge is 2.30. The van der Waals surface area contributed by atoms with Crippen molar-refractivity contribution in [2.45, 2.75) is 25.3 Å². The Balaban J connectivity index is 2.02. The number of imidazole rings is 1. The Morgan fingerprint density at radius 3 is 2.56 bits per heavy atom. The summed E-state index contributed by atoms with van der Waals surface area (Å²) in [6, 6.07) is 0. The Labute approximate surface area is 90.9 Å². The highest BCUT2D eigenvalue weighted by atomic mass is 19.3. The van der Waals surface area contributed by atoms with Crippen LogP contribution >= 0.6 is 0 Å². The fraction of sp³-hybridized carbons (Fsp3) is 0.667. The molecule has 1 fully saturated rings. The zero-order chi connectivity index (χ0) is 11.7. The fourth-order valence-corrected chi connectivity index (χ4v) is 1.82. The van der Waals surface area contributed by atoms with Gasteiger partial charge in [0.25, 0.3) is 0 Å². The molecule has 7 heteroatoms. The minimum atomic E-state index is -2.62. The van der Waals surface area contributed by atoms with Gasteiger partial charge in [-0.15, -0.1) is 0 Å². The van der Waals surface area contributed by atoms with Crippen molar-refractivity contribution < 1.29 is 19.0 Å². The van der Waals surface area contributed by atoms with Crippen molar-refractivity contribution in [2.24, 2.45) is 0 Å². The molecule has 2 atom stereocenters. The highest BCUT2D eigenvalue weighted by Crippen LogP contribution is 2.17. The molecule has 1 aliphatic heterocycles. The first kappa shape index (κ1) is 11.4. The van der Waals surface area contributed by atoms with Crippen LogP contribution in [-0.4, -0.2) is 50.0 Å². The van der Waals surface area contributed by atoms with Crippen LogP contribution in [0.2, 0.25) is 0 Å². The lowest BCUT2D eigenvalue weighted by Crippen LogP contribution is -2.23. The molecule has 1 aromatic rings. The monoisotopic (exact) mass is 233 g/mol. The molecule has 90 valence electrons. The van der Waals surface area contributed by atoms with Crippen molar-refractivity contribution in [2.75, 3.05) is 13.1 Å². The van der Waals surface area contributed by atoms with Crippen LogP contribution in [0.4, 0.5) is 8.78 Å². The Kier molecular flexibility index (Phi) is 3.17. The lowest BCUT2D eigenvalue weighted by molar-refractivity contribution is 0.0572. The molecular formula is C9H13F2N3O2. The molecule has 2 rings (SSSR count). The molecule has 0 radical (unpaired) electrons. The molecular weight excluding hydrogens is 220 g/mol. The molecule has 2 N–H and O–H groups in total. The number of rotatable bonds is 3. The maximum Gasteiger partial charge on any atom is 0.319 e. The maximum atomic E-state index is 12.5. The number of likely N-dealkylation sites (tertiary alicyclic amines) is 1. The second-order valence-electron chi connectivity index (χ2n) is 3.86. The number of nitrogens with zero attached hydrogens (tertiary/aromatic N) is 3. The minimum absolute atomic E-state index is 0.200. The van der Waals surface area contributed by atoms with Crippen LogP contribution in [0.5, 0.6) is 0 Å². The first-order chi connectivity index (χ1) is 7.58. The van der Waals surface area contributed by atoms with Gasteiger partial charge in [-0.1, -0.05) is 0 Å². The number of hydrogen-bond acceptors (Lipinski definition) is 4. The van der Waals surface area contributed by atoms with E-state index in [9.17, 15) is 19.0 Å². The third-order valence-electron chi connectivity index (χ3n) is 2.66. The van der Waals surface area contributed by atoms with Crippen LogP contribution < -0.4 is 0 Å². The Hall–Kier alpha value is -1.05. The molecule has 1 aromatic heterocycles. The molecule has 0 bridgehead atoms. The van der Waals surface area contributed by atoms with Gasteiger partial charge in [-0.05, 0) is 0 Å². The number of aliphatic hydroxyl groups excluding tert-OH is 2. The van der Waals surface area contributed by atoms with Crippen LogP contribution in [0, 0.1) is 0 Å². The first-order valence-electron chi connectivity index (χ1n) is 4.96. The van der Waals surface area contributed by atoms with Crippen molar-refractivity contribution in [3.05, 3.63) is 18.2 Å². The first-order valence-corrected chi connectivity index (χ1v) is 4.96. The number of aliphatic hydroxyl groups is 2. The van der Waals surface area contributed by atoms with Gasteiger partial charge in [-0.3, -0.25) is 9.47 Å². The van der Waals surface area contributed by atoms with Gasteiger partial charge in [-0.2, -0.15) is 8.78 Å². The summed E-state index contributed by atoms with van der Waals surface area (Å²) in [7, 11) is 0. The van der Waals surface area contributed by atoms with Crippen molar-refractivity contribution in [1.29, 1.82) is 0 Å². The summed E-state index contributed by atoms with van der Waals surface area (Å²) in [5.74, 6) is 0.233. The zero-order valence-corrected chi connectivity index (χ0v) is 8.50. The van der Waals surface area contributed by atoms with E-state index in [4.69, 9.17) is 0 Å². The summed E-state index contributed by atoms with van der Waals surface area (Å²) in [5.41, 5.74) is 0. The van der Waals surface area contributed by atoms with Gasteiger partial charge >= 0.3 is 6.55 Å². The second kappa shape index (κ2) is 4.44. The van der Waals surface area contributed by atoms with Crippen molar-refractivity contribution in [3.63, 3.8) is 0 Å². The second-order valence-corrected chi connectivity index (χ2v) is 3.86. The summed E-state index contributed by atoms with van der Waals surface area (Å²) >= 11 is 0. The van der Waals surface area contributed by atoms with Gasteiger partial charge in [0.05, 0.1) is 18.8 Å². The molecule has 0 unspecified atom stereocenters. The average molecular weight is 233 g/mol. The van der Waals surface area contributed by atoms with Crippen LogP contribution in [0.1, 0.15) is 12.4 Å². The number of halogens is 2. The highest BCUT2D eigenvalue weighted by molar-refractivity contribution is 4.95. The molecule has 16 heavy (non-hydrogen) atoms. The van der Waals surface area contributed by atoms with Crippen molar-refractivity contribution in [1.82, 2.24) is 14.5 Å². The number of β-amino-alcohol motifs (C(OH)–C–C–N with tert-alkyl or cyclic N) is 2. The smallest absolute Gasteiger partial charge is 0.319 e. The van der Waals surface area contributed by atoms with E-state index in [1.54, 1.807) is 4.90 Å². The van der Waals surface area contributed by atoms with Crippen LogP contribution in [0.15, 0.2) is 12.4 Å². The lowest BCUT2D eigenvalue weighted by Gasteiger charge is -2.15. The van der Waals surface area contributed by atoms with E-state index < -0.39 is 18.8 Å². The van der Waals surface area contributed by atoms with Gasteiger partial charge < -0.3 is 10.2 Å². The molecule has 5 nitrogen and oxygen atoms in total. The summed E-state index contributed by atoms with van der Waals surface area (Å²) in [6.45, 7) is -1.87.